The first kappa shape index (κ1) is 22.6. The monoisotopic (exact) mass is 443 g/mol. The first-order valence-electron chi connectivity index (χ1n) is 11.2. The summed E-state index contributed by atoms with van der Waals surface area (Å²) < 4.78 is 11.4. The van der Waals surface area contributed by atoms with Gasteiger partial charge in [-0.3, -0.25) is 4.79 Å². The van der Waals surface area contributed by atoms with E-state index in [2.05, 4.69) is 4.90 Å². The number of aliphatic hydroxyl groups excluding tert-OH is 1. The minimum atomic E-state index is -0.200. The fraction of sp³-hybridized carbons (Fsp3) is 0.250. The predicted molar refractivity (Wildman–Crippen MR) is 131 cm³/mol. The zero-order valence-electron chi connectivity index (χ0n) is 18.8. The Bertz CT molecular complexity index is 1080. The number of aliphatic hydroxyl groups is 1. The lowest BCUT2D eigenvalue weighted by atomic mass is 10.1. The molecule has 1 saturated heterocycles. The van der Waals surface area contributed by atoms with E-state index in [0.717, 1.165) is 42.7 Å². The van der Waals surface area contributed by atoms with Crippen molar-refractivity contribution in [3.8, 4) is 11.5 Å². The third-order valence-corrected chi connectivity index (χ3v) is 5.83. The van der Waals surface area contributed by atoms with E-state index in [4.69, 9.17) is 9.47 Å². The van der Waals surface area contributed by atoms with Gasteiger partial charge in [0.1, 0.15) is 6.61 Å². The van der Waals surface area contributed by atoms with Gasteiger partial charge >= 0.3 is 0 Å². The second kappa shape index (κ2) is 10.8. The number of ketones is 1. The molecule has 0 aromatic heterocycles. The summed E-state index contributed by atoms with van der Waals surface area (Å²) in [6.07, 6.45) is 4.73. The van der Waals surface area contributed by atoms with Crippen LogP contribution in [0, 0.1) is 0 Å². The fourth-order valence-electron chi connectivity index (χ4n) is 3.87. The summed E-state index contributed by atoms with van der Waals surface area (Å²) in [6, 6.07) is 23.2. The molecule has 0 bridgehead atoms. The highest BCUT2D eigenvalue weighted by Gasteiger charge is 2.17. The van der Waals surface area contributed by atoms with Crippen molar-refractivity contribution >= 4 is 17.5 Å². The second-order valence-corrected chi connectivity index (χ2v) is 8.15. The number of rotatable bonds is 8. The highest BCUT2D eigenvalue weighted by molar-refractivity contribution is 6.07. The molecule has 3 aromatic rings. The van der Waals surface area contributed by atoms with Crippen LogP contribution in [0.25, 0.3) is 6.08 Å². The molecule has 0 amide bonds. The molecule has 1 heterocycles. The van der Waals surface area contributed by atoms with Gasteiger partial charge < -0.3 is 19.5 Å². The van der Waals surface area contributed by atoms with Crippen LogP contribution in [0.4, 0.5) is 5.69 Å². The highest BCUT2D eigenvalue weighted by Crippen LogP contribution is 2.29. The summed E-state index contributed by atoms with van der Waals surface area (Å²) in [5.74, 6) is 1.22. The molecule has 5 nitrogen and oxygen atoms in total. The second-order valence-electron chi connectivity index (χ2n) is 8.15. The Morgan fingerprint density at radius 3 is 2.42 bits per heavy atom. The zero-order chi connectivity index (χ0) is 23.0. The van der Waals surface area contributed by atoms with E-state index in [9.17, 15) is 9.90 Å². The molecule has 0 unspecified atom stereocenters. The molecular weight excluding hydrogens is 414 g/mol. The summed E-state index contributed by atoms with van der Waals surface area (Å²) in [6.45, 7) is 2.10. The van der Waals surface area contributed by atoms with Crippen molar-refractivity contribution < 1.29 is 19.4 Å². The maximum atomic E-state index is 12.7. The van der Waals surface area contributed by atoms with Gasteiger partial charge in [-0.05, 0) is 66.4 Å². The molecule has 4 rings (SSSR count). The van der Waals surface area contributed by atoms with E-state index in [0.29, 0.717) is 23.7 Å². The van der Waals surface area contributed by atoms with Gasteiger partial charge in [-0.25, -0.2) is 0 Å². The van der Waals surface area contributed by atoms with Gasteiger partial charge in [-0.1, -0.05) is 42.5 Å². The molecule has 1 aliphatic heterocycles. The average molecular weight is 444 g/mol. The van der Waals surface area contributed by atoms with Crippen molar-refractivity contribution in [2.45, 2.75) is 25.6 Å². The Morgan fingerprint density at radius 2 is 1.73 bits per heavy atom. The smallest absolute Gasteiger partial charge is 0.185 e. The van der Waals surface area contributed by atoms with Crippen LogP contribution in [-0.4, -0.2) is 37.2 Å². The largest absolute Gasteiger partial charge is 0.493 e. The van der Waals surface area contributed by atoms with Crippen molar-refractivity contribution in [3.05, 3.63) is 95.6 Å². The molecule has 1 fully saturated rings. The topological polar surface area (TPSA) is 59.0 Å². The summed E-state index contributed by atoms with van der Waals surface area (Å²) in [4.78, 5) is 14.9. The summed E-state index contributed by atoms with van der Waals surface area (Å²) in [7, 11) is 1.61. The number of carbonyl (C=O) groups is 1. The number of anilines is 1. The number of ether oxygens (including phenoxy) is 2. The first-order valence-corrected chi connectivity index (χ1v) is 11.2. The van der Waals surface area contributed by atoms with Gasteiger partial charge in [0.25, 0.3) is 0 Å². The summed E-state index contributed by atoms with van der Waals surface area (Å²) in [5.41, 5.74) is 3.65. The molecule has 33 heavy (non-hydrogen) atoms. The number of piperidine rings is 1. The number of carbonyl (C=O) groups excluding carboxylic acids is 1. The van der Waals surface area contributed by atoms with E-state index in [1.54, 1.807) is 19.3 Å². The Hall–Kier alpha value is -3.57. The van der Waals surface area contributed by atoms with Crippen molar-refractivity contribution in [1.82, 2.24) is 0 Å². The van der Waals surface area contributed by atoms with Crippen LogP contribution in [0.15, 0.2) is 78.9 Å². The van der Waals surface area contributed by atoms with Crippen LogP contribution < -0.4 is 14.4 Å². The molecular formula is C28H29NO4. The minimum Gasteiger partial charge on any atom is -0.493 e. The SMILES string of the molecule is COc1ccc(/C=C/C(=O)c2ccc(N3CCC(O)CC3)cc2)cc1OCc1ccccc1. The van der Waals surface area contributed by atoms with Crippen LogP contribution in [0.5, 0.6) is 11.5 Å². The maximum absolute atomic E-state index is 12.7. The van der Waals surface area contributed by atoms with Gasteiger partial charge in [0.15, 0.2) is 17.3 Å². The lowest BCUT2D eigenvalue weighted by Crippen LogP contribution is -2.35. The molecule has 0 spiro atoms. The van der Waals surface area contributed by atoms with E-state index in [1.807, 2.05) is 72.8 Å². The molecule has 0 atom stereocenters. The third kappa shape index (κ3) is 6.02. The lowest BCUT2D eigenvalue weighted by Gasteiger charge is -2.31. The number of benzene rings is 3. The first-order chi connectivity index (χ1) is 16.1. The predicted octanol–water partition coefficient (Wildman–Crippen LogP) is 5.13. The zero-order valence-corrected chi connectivity index (χ0v) is 18.8. The van der Waals surface area contributed by atoms with Crippen molar-refractivity contribution in [2.24, 2.45) is 0 Å². The number of hydrogen-bond acceptors (Lipinski definition) is 5. The van der Waals surface area contributed by atoms with Crippen LogP contribution in [0.2, 0.25) is 0 Å². The minimum absolute atomic E-state index is 0.0572. The Morgan fingerprint density at radius 1 is 1.00 bits per heavy atom. The molecule has 3 aromatic carbocycles. The molecule has 0 radical (unpaired) electrons. The average Bonchev–Trinajstić information content (AvgIpc) is 2.87. The molecule has 0 saturated carbocycles. The van der Waals surface area contributed by atoms with Crippen LogP contribution in [0.1, 0.15) is 34.3 Å². The Kier molecular flexibility index (Phi) is 7.43. The summed E-state index contributed by atoms with van der Waals surface area (Å²) in [5, 5.41) is 9.68. The Balaban J connectivity index is 1.41. The van der Waals surface area contributed by atoms with E-state index >= 15 is 0 Å². The maximum Gasteiger partial charge on any atom is 0.185 e. The van der Waals surface area contributed by atoms with Crippen molar-refractivity contribution in [1.29, 1.82) is 0 Å². The highest BCUT2D eigenvalue weighted by atomic mass is 16.5. The summed E-state index contributed by atoms with van der Waals surface area (Å²) >= 11 is 0. The Labute approximate surface area is 194 Å². The number of allylic oxidation sites excluding steroid dienone is 1. The van der Waals surface area contributed by atoms with Crippen LogP contribution >= 0.6 is 0 Å². The van der Waals surface area contributed by atoms with Gasteiger partial charge in [-0.15, -0.1) is 0 Å². The van der Waals surface area contributed by atoms with Crippen molar-refractivity contribution in [2.75, 3.05) is 25.1 Å². The number of nitrogens with zero attached hydrogens (tertiary/aromatic N) is 1. The van der Waals surface area contributed by atoms with Crippen LogP contribution in [-0.2, 0) is 6.61 Å². The van der Waals surface area contributed by atoms with E-state index in [1.165, 1.54) is 0 Å². The number of hydrogen-bond donors (Lipinski definition) is 1. The van der Waals surface area contributed by atoms with Crippen molar-refractivity contribution in [3.63, 3.8) is 0 Å². The number of methoxy groups -OCH3 is 1. The quantitative estimate of drug-likeness (QED) is 0.386. The van der Waals surface area contributed by atoms with Gasteiger partial charge in [0.2, 0.25) is 0 Å². The molecule has 170 valence electrons. The van der Waals surface area contributed by atoms with Gasteiger partial charge in [0.05, 0.1) is 13.2 Å². The van der Waals surface area contributed by atoms with E-state index in [-0.39, 0.29) is 11.9 Å². The molecule has 1 aliphatic rings. The molecule has 0 aliphatic carbocycles. The van der Waals surface area contributed by atoms with Gasteiger partial charge in [0, 0.05) is 24.3 Å². The van der Waals surface area contributed by atoms with E-state index < -0.39 is 0 Å². The third-order valence-electron chi connectivity index (χ3n) is 5.83. The standard InChI is InChI=1S/C28H29NO4/c1-32-27-14-8-21(19-28(27)33-20-22-5-3-2-4-6-22)7-13-26(31)23-9-11-24(12-10-23)29-17-15-25(30)16-18-29/h2-14,19,25,30H,15-18,20H2,1H3/b13-7+. The molecule has 5 heteroatoms. The van der Waals surface area contributed by atoms with Gasteiger partial charge in [-0.2, -0.15) is 0 Å². The normalized spacial score (nSPS) is 14.4. The molecule has 1 N–H and O–H groups in total. The van der Waals surface area contributed by atoms with Crippen LogP contribution in [0.3, 0.4) is 0 Å². The fourth-order valence-corrected chi connectivity index (χ4v) is 3.87. The lowest BCUT2D eigenvalue weighted by molar-refractivity contribution is 0.104.